The molecular formula is C20H31FN6O4. The van der Waals surface area contributed by atoms with E-state index in [0.29, 0.717) is 36.3 Å². The predicted molar refractivity (Wildman–Crippen MR) is 111 cm³/mol. The second-order valence-corrected chi connectivity index (χ2v) is 8.27. The highest BCUT2D eigenvalue weighted by atomic mass is 19.1. The summed E-state index contributed by atoms with van der Waals surface area (Å²) in [6, 6.07) is 0. The van der Waals surface area contributed by atoms with E-state index in [1.165, 1.54) is 0 Å². The predicted octanol–water partition coefficient (Wildman–Crippen LogP) is 1.64. The first-order valence-corrected chi connectivity index (χ1v) is 10.7. The molecule has 0 unspecified atom stereocenters. The number of nitrogens with one attached hydrogen (secondary N) is 2. The summed E-state index contributed by atoms with van der Waals surface area (Å²) in [7, 11) is 1.62. The van der Waals surface area contributed by atoms with Gasteiger partial charge in [-0.1, -0.05) is 25.7 Å². The molecule has 2 atom stereocenters. The van der Waals surface area contributed by atoms with E-state index < -0.39 is 17.6 Å². The third-order valence-corrected chi connectivity index (χ3v) is 6.02. The zero-order valence-corrected chi connectivity index (χ0v) is 18.0. The van der Waals surface area contributed by atoms with E-state index in [4.69, 9.17) is 4.74 Å². The monoisotopic (exact) mass is 438 g/mol. The molecule has 3 rings (SSSR count). The van der Waals surface area contributed by atoms with Crippen molar-refractivity contribution in [3.05, 3.63) is 11.6 Å². The molecule has 0 spiro atoms. The summed E-state index contributed by atoms with van der Waals surface area (Å²) in [4.78, 5) is 33.7. The molecule has 11 heteroatoms. The molecule has 3 N–H and O–H groups in total. The highest BCUT2D eigenvalue weighted by molar-refractivity contribution is 5.80. The van der Waals surface area contributed by atoms with Crippen molar-refractivity contribution in [2.75, 3.05) is 37.1 Å². The van der Waals surface area contributed by atoms with Crippen LogP contribution in [0.15, 0.2) is 0 Å². The average Bonchev–Trinajstić information content (AvgIpc) is 3.45. The van der Waals surface area contributed by atoms with Crippen molar-refractivity contribution in [3.63, 3.8) is 0 Å². The number of anilines is 2. The number of carbonyl (C=O) groups excluding carboxylic acids is 2. The minimum atomic E-state index is -0.660. The number of hydrogen-bond donors (Lipinski definition) is 3. The second-order valence-electron chi connectivity index (χ2n) is 8.27. The molecule has 2 aliphatic rings. The number of hydrogen-bond acceptors (Lipinski definition) is 8. The molecule has 0 bridgehead atoms. The van der Waals surface area contributed by atoms with Gasteiger partial charge in [0.2, 0.25) is 18.1 Å². The van der Waals surface area contributed by atoms with Crippen molar-refractivity contribution in [2.24, 2.45) is 11.8 Å². The van der Waals surface area contributed by atoms with Crippen molar-refractivity contribution in [3.8, 4) is 0 Å². The number of hydrazine groups is 1. The Morgan fingerprint density at radius 2 is 2.13 bits per heavy atom. The fraction of sp³-hybridized carbons (Fsp3) is 0.700. The number of nitrogens with zero attached hydrogens (tertiary/aromatic N) is 4. The van der Waals surface area contributed by atoms with E-state index in [1.807, 2.05) is 0 Å². The maximum atomic E-state index is 15.1. The highest BCUT2D eigenvalue weighted by Gasteiger charge is 2.29. The van der Waals surface area contributed by atoms with Gasteiger partial charge in [0.25, 0.3) is 0 Å². The lowest BCUT2D eigenvalue weighted by Crippen LogP contribution is -2.41. The van der Waals surface area contributed by atoms with Gasteiger partial charge in [0.1, 0.15) is 5.82 Å². The van der Waals surface area contributed by atoms with E-state index in [2.05, 4.69) is 20.8 Å². The van der Waals surface area contributed by atoms with Gasteiger partial charge in [-0.3, -0.25) is 25.6 Å². The number of rotatable bonds is 10. The van der Waals surface area contributed by atoms with E-state index in [9.17, 15) is 14.8 Å². The van der Waals surface area contributed by atoms with Gasteiger partial charge in [-0.05, 0) is 25.7 Å². The van der Waals surface area contributed by atoms with Crippen molar-refractivity contribution in [1.82, 2.24) is 20.5 Å². The lowest BCUT2D eigenvalue weighted by molar-refractivity contribution is -0.154. The Balaban J connectivity index is 1.67. The Kier molecular flexibility index (Phi) is 7.97. The molecule has 172 valence electrons. The largest absolute Gasteiger partial charge is 0.380 e. The standard InChI is InChI=1S/C20H31FN6O4/c1-13-22-18(17(21)19(23-13)26-8-7-16(11-26)31-2)24-25-20(29)15(10-27(30)12-28)9-14-5-3-4-6-14/h12,14-16,30H,3-11H2,1-2H3,(H,25,29)(H,22,23,24)/t15-,16-/m0/s1. The van der Waals surface area contributed by atoms with Crippen molar-refractivity contribution >= 4 is 24.0 Å². The summed E-state index contributed by atoms with van der Waals surface area (Å²) >= 11 is 0. The fourth-order valence-electron chi connectivity index (χ4n) is 4.35. The van der Waals surface area contributed by atoms with Crippen LogP contribution in [0.1, 0.15) is 44.3 Å². The van der Waals surface area contributed by atoms with Crippen LogP contribution in [0.4, 0.5) is 16.0 Å². The normalized spacial score (nSPS) is 20.0. The van der Waals surface area contributed by atoms with Gasteiger partial charge in [-0.15, -0.1) is 0 Å². The van der Waals surface area contributed by atoms with Gasteiger partial charge in [-0.25, -0.2) is 15.0 Å². The van der Waals surface area contributed by atoms with Crippen molar-refractivity contribution in [2.45, 2.75) is 51.6 Å². The summed E-state index contributed by atoms with van der Waals surface area (Å²) in [5.41, 5.74) is 5.06. The van der Waals surface area contributed by atoms with Crippen LogP contribution in [-0.2, 0) is 14.3 Å². The number of halogens is 1. The smallest absolute Gasteiger partial charge is 0.243 e. The Labute approximate surface area is 181 Å². The maximum Gasteiger partial charge on any atom is 0.243 e. The van der Waals surface area contributed by atoms with Crippen LogP contribution in [0, 0.1) is 24.6 Å². The van der Waals surface area contributed by atoms with Gasteiger partial charge in [0.15, 0.2) is 11.6 Å². The number of aromatic nitrogens is 2. The van der Waals surface area contributed by atoms with Gasteiger partial charge < -0.3 is 9.64 Å². The number of carbonyl (C=O) groups is 2. The molecule has 1 aliphatic heterocycles. The third kappa shape index (κ3) is 6.01. The van der Waals surface area contributed by atoms with E-state index >= 15 is 4.39 Å². The lowest BCUT2D eigenvalue weighted by Gasteiger charge is -2.23. The molecule has 31 heavy (non-hydrogen) atoms. The maximum absolute atomic E-state index is 15.1. The van der Waals surface area contributed by atoms with Gasteiger partial charge >= 0.3 is 0 Å². The SMILES string of the molecule is CO[C@H]1CCN(c2nc(C)nc(NNC(=O)[C@@H](CC3CCCC3)CN(O)C=O)c2F)C1. The van der Waals surface area contributed by atoms with E-state index in [1.54, 1.807) is 18.9 Å². The fourth-order valence-corrected chi connectivity index (χ4v) is 4.35. The third-order valence-electron chi connectivity index (χ3n) is 6.02. The molecule has 0 aromatic carbocycles. The van der Waals surface area contributed by atoms with Gasteiger partial charge in [0, 0.05) is 20.2 Å². The Morgan fingerprint density at radius 3 is 2.77 bits per heavy atom. The Bertz CT molecular complexity index is 776. The highest BCUT2D eigenvalue weighted by Crippen LogP contribution is 2.31. The molecule has 2 fully saturated rings. The van der Waals surface area contributed by atoms with Gasteiger partial charge in [-0.2, -0.15) is 4.39 Å². The van der Waals surface area contributed by atoms with Crippen LogP contribution in [0.5, 0.6) is 0 Å². The molecule has 2 amide bonds. The van der Waals surface area contributed by atoms with Crippen LogP contribution in [0.2, 0.25) is 0 Å². The summed E-state index contributed by atoms with van der Waals surface area (Å²) in [6.07, 6.45) is 5.87. The van der Waals surface area contributed by atoms with Crippen LogP contribution >= 0.6 is 0 Å². The summed E-state index contributed by atoms with van der Waals surface area (Å²) in [6.45, 7) is 2.66. The Morgan fingerprint density at radius 1 is 1.39 bits per heavy atom. The molecule has 2 heterocycles. The van der Waals surface area contributed by atoms with Crippen LogP contribution < -0.4 is 15.8 Å². The van der Waals surface area contributed by atoms with Crippen LogP contribution in [-0.4, -0.2) is 65.4 Å². The summed E-state index contributed by atoms with van der Waals surface area (Å²) < 4.78 is 20.4. The van der Waals surface area contributed by atoms with Crippen molar-refractivity contribution < 1.29 is 23.9 Å². The van der Waals surface area contributed by atoms with Gasteiger partial charge in [0.05, 0.1) is 18.6 Å². The molecule has 1 aliphatic carbocycles. The molecular weight excluding hydrogens is 407 g/mol. The van der Waals surface area contributed by atoms with Crippen LogP contribution in [0.3, 0.4) is 0 Å². The Hall–Kier alpha value is -2.53. The van der Waals surface area contributed by atoms with E-state index in [-0.39, 0.29) is 30.7 Å². The summed E-state index contributed by atoms with van der Waals surface area (Å²) in [5, 5.41) is 10.0. The minimum Gasteiger partial charge on any atom is -0.380 e. The second kappa shape index (κ2) is 10.7. The van der Waals surface area contributed by atoms with Crippen molar-refractivity contribution in [1.29, 1.82) is 0 Å². The number of hydroxylamine groups is 2. The quantitative estimate of drug-likeness (QED) is 0.286. The first-order valence-electron chi connectivity index (χ1n) is 10.7. The zero-order valence-electron chi connectivity index (χ0n) is 18.0. The molecule has 0 radical (unpaired) electrons. The lowest BCUT2D eigenvalue weighted by atomic mass is 9.92. The number of aryl methyl sites for hydroxylation is 1. The molecule has 1 saturated carbocycles. The number of amides is 2. The van der Waals surface area contributed by atoms with E-state index in [0.717, 1.165) is 32.1 Å². The molecule has 10 nitrogen and oxygen atoms in total. The summed E-state index contributed by atoms with van der Waals surface area (Å²) in [5.74, 6) is -0.973. The topological polar surface area (TPSA) is 120 Å². The molecule has 1 aromatic heterocycles. The minimum absolute atomic E-state index is 0.0152. The molecule has 1 aromatic rings. The first-order chi connectivity index (χ1) is 14.9. The molecule has 1 saturated heterocycles. The number of ether oxygens (including phenoxy) is 1. The first kappa shape index (κ1) is 23.1. The zero-order chi connectivity index (χ0) is 22.4. The number of methoxy groups -OCH3 is 1. The van der Waals surface area contributed by atoms with Crippen LogP contribution in [0.25, 0.3) is 0 Å². The average molecular weight is 439 g/mol.